The Bertz CT molecular complexity index is 975. The van der Waals surface area contributed by atoms with Gasteiger partial charge >= 0.3 is 0 Å². The highest BCUT2D eigenvalue weighted by atomic mass is 32.1. The quantitative estimate of drug-likeness (QED) is 0.594. The molecule has 1 aromatic heterocycles. The van der Waals surface area contributed by atoms with Crippen molar-refractivity contribution in [1.82, 2.24) is 14.8 Å². The molecule has 0 bridgehead atoms. The average molecular weight is 422 g/mol. The summed E-state index contributed by atoms with van der Waals surface area (Å²) in [7, 11) is 2.11. The fourth-order valence-corrected chi connectivity index (χ4v) is 4.76. The first kappa shape index (κ1) is 20.6. The molecule has 1 amide bonds. The van der Waals surface area contributed by atoms with Crippen LogP contribution >= 0.6 is 11.3 Å². The number of amides is 1. The van der Waals surface area contributed by atoms with E-state index in [1.807, 2.05) is 72.5 Å². The lowest BCUT2D eigenvalue weighted by molar-refractivity contribution is 0.0452. The van der Waals surface area contributed by atoms with E-state index in [9.17, 15) is 4.79 Å². The minimum atomic E-state index is 0.0241. The lowest BCUT2D eigenvalue weighted by atomic mass is 10.1. The van der Waals surface area contributed by atoms with Gasteiger partial charge in [-0.15, -0.1) is 11.3 Å². The van der Waals surface area contributed by atoms with Crippen molar-refractivity contribution in [3.63, 3.8) is 0 Å². The van der Waals surface area contributed by atoms with Crippen molar-refractivity contribution in [2.24, 2.45) is 0 Å². The maximum Gasteiger partial charge on any atom is 0.274 e. The summed E-state index contributed by atoms with van der Waals surface area (Å²) in [6.07, 6.45) is 0.786. The Hall–Kier alpha value is -2.70. The van der Waals surface area contributed by atoms with Crippen molar-refractivity contribution >= 4 is 17.2 Å². The number of carbonyl (C=O) groups is 1. The number of rotatable bonds is 6. The molecule has 0 N–H and O–H groups in total. The molecule has 0 radical (unpaired) electrons. The first-order valence-electron chi connectivity index (χ1n) is 10.3. The Morgan fingerprint density at radius 1 is 1.10 bits per heavy atom. The van der Waals surface area contributed by atoms with E-state index >= 15 is 0 Å². The lowest BCUT2D eigenvalue weighted by Gasteiger charge is -2.40. The van der Waals surface area contributed by atoms with E-state index in [4.69, 9.17) is 4.74 Å². The Morgan fingerprint density at radius 3 is 2.53 bits per heavy atom. The van der Waals surface area contributed by atoms with Gasteiger partial charge in [-0.3, -0.25) is 4.79 Å². The largest absolute Gasteiger partial charge is 0.494 e. The van der Waals surface area contributed by atoms with Crippen molar-refractivity contribution < 1.29 is 9.53 Å². The molecule has 0 spiro atoms. The molecule has 1 atom stereocenters. The number of aryl methyl sites for hydroxylation is 1. The van der Waals surface area contributed by atoms with E-state index in [0.717, 1.165) is 40.7 Å². The van der Waals surface area contributed by atoms with Crippen LogP contribution < -0.4 is 4.74 Å². The number of nitrogens with zero attached hydrogens (tertiary/aromatic N) is 3. The predicted octanol–water partition coefficient (Wildman–Crippen LogP) is 4.34. The second-order valence-corrected chi connectivity index (χ2v) is 8.84. The summed E-state index contributed by atoms with van der Waals surface area (Å²) in [6, 6.07) is 20.0. The number of aromatic nitrogens is 1. The van der Waals surface area contributed by atoms with Crippen LogP contribution in [-0.2, 0) is 0 Å². The van der Waals surface area contributed by atoms with Crippen LogP contribution in [0.2, 0.25) is 0 Å². The number of thiazole rings is 1. The number of benzene rings is 2. The van der Waals surface area contributed by atoms with Gasteiger partial charge in [-0.2, -0.15) is 0 Å². The molecule has 5 nitrogen and oxygen atoms in total. The van der Waals surface area contributed by atoms with Gasteiger partial charge in [0.25, 0.3) is 5.91 Å². The number of hydrogen-bond acceptors (Lipinski definition) is 5. The summed E-state index contributed by atoms with van der Waals surface area (Å²) >= 11 is 1.58. The van der Waals surface area contributed by atoms with Gasteiger partial charge < -0.3 is 14.5 Å². The minimum absolute atomic E-state index is 0.0241. The number of ether oxygens (including phenoxy) is 1. The normalized spacial score (nSPS) is 17.1. The van der Waals surface area contributed by atoms with Gasteiger partial charge in [0.05, 0.1) is 16.5 Å². The van der Waals surface area contributed by atoms with E-state index in [0.29, 0.717) is 18.8 Å². The van der Waals surface area contributed by atoms with Gasteiger partial charge in [-0.05, 0) is 31.7 Å². The first-order valence-corrected chi connectivity index (χ1v) is 11.1. The van der Waals surface area contributed by atoms with E-state index in [-0.39, 0.29) is 11.9 Å². The third kappa shape index (κ3) is 4.71. The molecule has 1 saturated heterocycles. The molecule has 1 aliphatic rings. The highest BCUT2D eigenvalue weighted by Gasteiger charge is 2.32. The molecular formula is C24H27N3O2S. The predicted molar refractivity (Wildman–Crippen MR) is 121 cm³/mol. The van der Waals surface area contributed by atoms with E-state index in [1.54, 1.807) is 11.3 Å². The van der Waals surface area contributed by atoms with Crippen LogP contribution in [0.4, 0.5) is 0 Å². The van der Waals surface area contributed by atoms with E-state index < -0.39 is 0 Å². The van der Waals surface area contributed by atoms with Crippen molar-refractivity contribution in [3.05, 3.63) is 71.4 Å². The summed E-state index contributed by atoms with van der Waals surface area (Å²) in [6.45, 7) is 4.95. The topological polar surface area (TPSA) is 45.7 Å². The van der Waals surface area contributed by atoms with Crippen LogP contribution in [0.1, 0.15) is 21.9 Å². The van der Waals surface area contributed by atoms with Crippen LogP contribution in [0.25, 0.3) is 10.4 Å². The molecule has 3 aromatic rings. The molecule has 4 rings (SSSR count). The molecule has 2 heterocycles. The van der Waals surface area contributed by atoms with Gasteiger partial charge in [-0.1, -0.05) is 48.5 Å². The molecule has 156 valence electrons. The smallest absolute Gasteiger partial charge is 0.274 e. The second kappa shape index (κ2) is 9.41. The fraction of sp³-hybridized carbons (Fsp3) is 0.333. The Labute approximate surface area is 181 Å². The molecule has 30 heavy (non-hydrogen) atoms. The fourth-order valence-electron chi connectivity index (χ4n) is 3.85. The molecule has 1 unspecified atom stereocenters. The summed E-state index contributed by atoms with van der Waals surface area (Å²) in [5.41, 5.74) is 1.62. The van der Waals surface area contributed by atoms with Gasteiger partial charge in [0.1, 0.15) is 11.4 Å². The van der Waals surface area contributed by atoms with E-state index in [2.05, 4.69) is 16.9 Å². The molecule has 1 fully saturated rings. The molecule has 0 aliphatic carbocycles. The standard InChI is InChI=1S/C24H27N3O2S/c1-18-25-22(23(30-18)19-9-5-3-6-10-19)24(28)27-15-14-26(2)17-20(27)13-16-29-21-11-7-4-8-12-21/h3-12,20H,13-17H2,1-2H3. The number of hydrogen-bond donors (Lipinski definition) is 0. The second-order valence-electron chi connectivity index (χ2n) is 7.64. The number of piperazine rings is 1. The minimum Gasteiger partial charge on any atom is -0.494 e. The number of likely N-dealkylation sites (N-methyl/N-ethyl adjacent to an activating group) is 1. The third-order valence-electron chi connectivity index (χ3n) is 5.38. The molecule has 6 heteroatoms. The van der Waals surface area contributed by atoms with Crippen molar-refractivity contribution in [3.8, 4) is 16.2 Å². The maximum atomic E-state index is 13.6. The van der Waals surface area contributed by atoms with Crippen LogP contribution in [0.3, 0.4) is 0 Å². The van der Waals surface area contributed by atoms with Gasteiger partial charge in [0.15, 0.2) is 0 Å². The monoisotopic (exact) mass is 421 g/mol. The average Bonchev–Trinajstić information content (AvgIpc) is 3.16. The van der Waals surface area contributed by atoms with Crippen LogP contribution in [0.5, 0.6) is 5.75 Å². The Balaban J connectivity index is 1.51. The summed E-state index contributed by atoms with van der Waals surface area (Å²) in [5.74, 6) is 0.886. The van der Waals surface area contributed by atoms with E-state index in [1.165, 1.54) is 0 Å². The highest BCUT2D eigenvalue weighted by molar-refractivity contribution is 7.15. The summed E-state index contributed by atoms with van der Waals surface area (Å²) in [5, 5.41) is 0.912. The third-order valence-corrected chi connectivity index (χ3v) is 6.40. The molecule has 0 saturated carbocycles. The van der Waals surface area contributed by atoms with Crippen LogP contribution in [0, 0.1) is 6.92 Å². The Kier molecular flexibility index (Phi) is 6.45. The zero-order valence-electron chi connectivity index (χ0n) is 17.5. The van der Waals surface area contributed by atoms with Crippen molar-refractivity contribution in [1.29, 1.82) is 0 Å². The van der Waals surface area contributed by atoms with Crippen LogP contribution in [0.15, 0.2) is 60.7 Å². The molecular weight excluding hydrogens is 394 g/mol. The SMILES string of the molecule is Cc1nc(C(=O)N2CCN(C)CC2CCOc2ccccc2)c(-c2ccccc2)s1. The highest BCUT2D eigenvalue weighted by Crippen LogP contribution is 2.31. The molecule has 2 aromatic carbocycles. The summed E-state index contributed by atoms with van der Waals surface area (Å²) < 4.78 is 5.90. The zero-order valence-corrected chi connectivity index (χ0v) is 18.3. The van der Waals surface area contributed by atoms with Gasteiger partial charge in [0, 0.05) is 32.1 Å². The first-order chi connectivity index (χ1) is 14.6. The van der Waals surface area contributed by atoms with Crippen LogP contribution in [-0.4, -0.2) is 60.0 Å². The lowest BCUT2D eigenvalue weighted by Crippen LogP contribution is -2.54. The zero-order chi connectivity index (χ0) is 20.9. The maximum absolute atomic E-state index is 13.6. The van der Waals surface area contributed by atoms with Crippen molar-refractivity contribution in [2.75, 3.05) is 33.3 Å². The summed E-state index contributed by atoms with van der Waals surface area (Å²) in [4.78, 5) is 23.4. The Morgan fingerprint density at radius 2 is 1.80 bits per heavy atom. The van der Waals surface area contributed by atoms with Crippen molar-refractivity contribution in [2.45, 2.75) is 19.4 Å². The number of para-hydroxylation sites is 1. The molecule has 1 aliphatic heterocycles. The van der Waals surface area contributed by atoms with Gasteiger partial charge in [-0.25, -0.2) is 4.98 Å². The number of carbonyl (C=O) groups excluding carboxylic acids is 1. The van der Waals surface area contributed by atoms with Gasteiger partial charge in [0.2, 0.25) is 0 Å².